The molecule has 3 rings (SSSR count). The van der Waals surface area contributed by atoms with Crippen molar-refractivity contribution >= 4 is 17.6 Å². The van der Waals surface area contributed by atoms with Gasteiger partial charge in [-0.2, -0.15) is 0 Å². The summed E-state index contributed by atoms with van der Waals surface area (Å²) in [6.07, 6.45) is 7.24. The number of hydrogen-bond acceptors (Lipinski definition) is 4. The van der Waals surface area contributed by atoms with Crippen molar-refractivity contribution in [3.05, 3.63) is 59.9 Å². The molecule has 0 aliphatic carbocycles. The normalized spacial score (nSPS) is 17.2. The molecule has 1 fully saturated rings. The van der Waals surface area contributed by atoms with Gasteiger partial charge in [-0.3, -0.25) is 14.7 Å². The lowest BCUT2D eigenvalue weighted by Crippen LogP contribution is -2.25. The fourth-order valence-electron chi connectivity index (χ4n) is 3.41. The van der Waals surface area contributed by atoms with E-state index >= 15 is 0 Å². The number of aromatic nitrogens is 1. The molecule has 2 N–H and O–H groups in total. The maximum atomic E-state index is 12.1. The molecule has 6 nitrogen and oxygen atoms in total. The number of carbonyl (C=O) groups excluding carboxylic acids is 1. The van der Waals surface area contributed by atoms with Crippen molar-refractivity contribution in [2.24, 2.45) is 0 Å². The first-order chi connectivity index (χ1) is 12.6. The first-order valence-corrected chi connectivity index (χ1v) is 8.90. The Morgan fingerprint density at radius 2 is 2.04 bits per heavy atom. The lowest BCUT2D eigenvalue weighted by Gasteiger charge is -2.24. The number of carbonyl (C=O) groups is 2. The SMILES string of the molecule is O=C(CCCN1CCCC1c1cccnc1)Nc1ccc(C(=O)O)cc1. The van der Waals surface area contributed by atoms with Crippen molar-refractivity contribution in [2.75, 3.05) is 18.4 Å². The van der Waals surface area contributed by atoms with Gasteiger partial charge >= 0.3 is 5.97 Å². The Morgan fingerprint density at radius 3 is 2.73 bits per heavy atom. The van der Waals surface area contributed by atoms with E-state index in [1.807, 2.05) is 12.3 Å². The number of amides is 1. The molecular formula is C20H23N3O3. The number of hydrogen-bond donors (Lipinski definition) is 2. The summed E-state index contributed by atoms with van der Waals surface area (Å²) in [7, 11) is 0. The summed E-state index contributed by atoms with van der Waals surface area (Å²) < 4.78 is 0. The van der Waals surface area contributed by atoms with Gasteiger partial charge in [0.2, 0.25) is 5.91 Å². The number of likely N-dealkylation sites (tertiary alicyclic amines) is 1. The summed E-state index contributed by atoms with van der Waals surface area (Å²) in [6, 6.07) is 10.7. The molecular weight excluding hydrogens is 330 g/mol. The summed E-state index contributed by atoms with van der Waals surface area (Å²) >= 11 is 0. The molecule has 1 unspecified atom stereocenters. The second-order valence-corrected chi connectivity index (χ2v) is 6.51. The van der Waals surface area contributed by atoms with Gasteiger partial charge in [-0.1, -0.05) is 6.07 Å². The smallest absolute Gasteiger partial charge is 0.335 e. The van der Waals surface area contributed by atoms with Crippen LogP contribution in [0.5, 0.6) is 0 Å². The number of rotatable bonds is 7. The maximum absolute atomic E-state index is 12.1. The molecule has 1 saturated heterocycles. The highest BCUT2D eigenvalue weighted by molar-refractivity contribution is 5.92. The molecule has 0 bridgehead atoms. The summed E-state index contributed by atoms with van der Waals surface area (Å²) in [6.45, 7) is 1.93. The van der Waals surface area contributed by atoms with Gasteiger partial charge in [0.25, 0.3) is 0 Å². The Labute approximate surface area is 152 Å². The van der Waals surface area contributed by atoms with Crippen molar-refractivity contribution < 1.29 is 14.7 Å². The van der Waals surface area contributed by atoms with Crippen LogP contribution in [0.25, 0.3) is 0 Å². The minimum atomic E-state index is -0.975. The standard InChI is InChI=1S/C20H23N3O3/c24-19(22-17-9-7-15(8-10-17)20(25)26)6-3-13-23-12-2-5-18(23)16-4-1-11-21-14-16/h1,4,7-11,14,18H,2-3,5-6,12-13H2,(H,22,24)(H,25,26). The lowest BCUT2D eigenvalue weighted by atomic mass is 10.1. The summed E-state index contributed by atoms with van der Waals surface area (Å²) in [5, 5.41) is 11.7. The maximum Gasteiger partial charge on any atom is 0.335 e. The molecule has 1 aromatic heterocycles. The van der Waals surface area contributed by atoms with E-state index < -0.39 is 5.97 Å². The van der Waals surface area contributed by atoms with Crippen LogP contribution < -0.4 is 5.32 Å². The van der Waals surface area contributed by atoms with E-state index in [4.69, 9.17) is 5.11 Å². The van der Waals surface area contributed by atoms with E-state index in [9.17, 15) is 9.59 Å². The first-order valence-electron chi connectivity index (χ1n) is 8.90. The van der Waals surface area contributed by atoms with Gasteiger partial charge in [0.1, 0.15) is 0 Å². The monoisotopic (exact) mass is 353 g/mol. The van der Waals surface area contributed by atoms with E-state index in [-0.39, 0.29) is 11.5 Å². The van der Waals surface area contributed by atoms with Crippen molar-refractivity contribution in [3.8, 4) is 0 Å². The van der Waals surface area contributed by atoms with Crippen LogP contribution in [0.2, 0.25) is 0 Å². The van der Waals surface area contributed by atoms with Gasteiger partial charge < -0.3 is 10.4 Å². The summed E-state index contributed by atoms with van der Waals surface area (Å²) in [5.74, 6) is -1.03. The van der Waals surface area contributed by atoms with Gasteiger partial charge in [0.05, 0.1) is 5.56 Å². The Hall–Kier alpha value is -2.73. The molecule has 1 amide bonds. The van der Waals surface area contributed by atoms with E-state index in [2.05, 4.69) is 21.3 Å². The number of benzene rings is 1. The van der Waals surface area contributed by atoms with E-state index in [0.717, 1.165) is 25.9 Å². The number of carboxylic acids is 1. The van der Waals surface area contributed by atoms with Crippen molar-refractivity contribution in [3.63, 3.8) is 0 Å². The predicted octanol–water partition coefficient (Wildman–Crippen LogP) is 3.34. The fraction of sp³-hybridized carbons (Fsp3) is 0.350. The van der Waals surface area contributed by atoms with Crippen LogP contribution in [-0.2, 0) is 4.79 Å². The fourth-order valence-corrected chi connectivity index (χ4v) is 3.41. The molecule has 0 saturated carbocycles. The highest BCUT2D eigenvalue weighted by atomic mass is 16.4. The molecule has 2 heterocycles. The Balaban J connectivity index is 1.45. The zero-order valence-electron chi connectivity index (χ0n) is 14.6. The zero-order valence-corrected chi connectivity index (χ0v) is 14.6. The third kappa shape index (κ3) is 4.67. The number of aromatic carboxylic acids is 1. The molecule has 1 aromatic carbocycles. The van der Waals surface area contributed by atoms with E-state index in [1.54, 1.807) is 18.3 Å². The van der Waals surface area contributed by atoms with Gasteiger partial charge in [-0.15, -0.1) is 0 Å². The number of anilines is 1. The largest absolute Gasteiger partial charge is 0.478 e. The third-order valence-corrected chi connectivity index (χ3v) is 4.70. The molecule has 0 spiro atoms. The molecule has 1 aliphatic rings. The van der Waals surface area contributed by atoms with Crippen LogP contribution in [0.3, 0.4) is 0 Å². The lowest BCUT2D eigenvalue weighted by molar-refractivity contribution is -0.116. The number of nitrogens with zero attached hydrogens (tertiary/aromatic N) is 2. The minimum Gasteiger partial charge on any atom is -0.478 e. The average Bonchev–Trinajstić information content (AvgIpc) is 3.11. The van der Waals surface area contributed by atoms with Gasteiger partial charge in [-0.05, 0) is 68.2 Å². The number of pyridine rings is 1. The molecule has 26 heavy (non-hydrogen) atoms. The first kappa shape index (κ1) is 18.1. The highest BCUT2D eigenvalue weighted by Crippen LogP contribution is 2.31. The quantitative estimate of drug-likeness (QED) is 0.798. The van der Waals surface area contributed by atoms with Crippen molar-refractivity contribution in [1.82, 2.24) is 9.88 Å². The van der Waals surface area contributed by atoms with Crippen LogP contribution in [-0.4, -0.2) is 40.0 Å². The van der Waals surface area contributed by atoms with Crippen LogP contribution in [0.15, 0.2) is 48.8 Å². The number of carboxylic acid groups (broad SMARTS) is 1. The molecule has 136 valence electrons. The highest BCUT2D eigenvalue weighted by Gasteiger charge is 2.25. The van der Waals surface area contributed by atoms with E-state index in [1.165, 1.54) is 24.1 Å². The Kier molecular flexibility index (Phi) is 5.96. The second-order valence-electron chi connectivity index (χ2n) is 6.51. The summed E-state index contributed by atoms with van der Waals surface area (Å²) in [5.41, 5.74) is 2.07. The van der Waals surface area contributed by atoms with Gasteiger partial charge in [-0.25, -0.2) is 4.79 Å². The Bertz CT molecular complexity index is 747. The minimum absolute atomic E-state index is 0.0507. The van der Waals surface area contributed by atoms with Crippen molar-refractivity contribution in [1.29, 1.82) is 0 Å². The topological polar surface area (TPSA) is 82.5 Å². The van der Waals surface area contributed by atoms with Crippen LogP contribution in [0.4, 0.5) is 5.69 Å². The summed E-state index contributed by atoms with van der Waals surface area (Å²) in [4.78, 5) is 29.6. The second kappa shape index (κ2) is 8.58. The molecule has 2 aromatic rings. The van der Waals surface area contributed by atoms with Crippen LogP contribution >= 0.6 is 0 Å². The number of nitrogens with one attached hydrogen (secondary N) is 1. The van der Waals surface area contributed by atoms with Crippen molar-refractivity contribution in [2.45, 2.75) is 31.7 Å². The zero-order chi connectivity index (χ0) is 18.4. The molecule has 0 radical (unpaired) electrons. The molecule has 1 atom stereocenters. The van der Waals surface area contributed by atoms with Gasteiger partial charge in [0.15, 0.2) is 0 Å². The average molecular weight is 353 g/mol. The van der Waals surface area contributed by atoms with E-state index in [0.29, 0.717) is 18.2 Å². The van der Waals surface area contributed by atoms with Crippen LogP contribution in [0, 0.1) is 0 Å². The predicted molar refractivity (Wildman–Crippen MR) is 99.1 cm³/mol. The molecule has 1 aliphatic heterocycles. The molecule has 6 heteroatoms. The third-order valence-electron chi connectivity index (χ3n) is 4.70. The van der Waals surface area contributed by atoms with Gasteiger partial charge in [0, 0.05) is 30.5 Å². The van der Waals surface area contributed by atoms with Crippen LogP contribution in [0.1, 0.15) is 47.6 Å². The Morgan fingerprint density at radius 1 is 1.23 bits per heavy atom.